The molecule has 1 aliphatic heterocycles. The van der Waals surface area contributed by atoms with Gasteiger partial charge in [0.2, 0.25) is 0 Å². The minimum atomic E-state index is -0.993. The number of allylic oxidation sites excluding steroid dienone is 6. The van der Waals surface area contributed by atoms with E-state index in [1.54, 1.807) is 31.3 Å². The number of carbonyl (C=O) groups excluding carboxylic acids is 2. The first kappa shape index (κ1) is 33.8. The summed E-state index contributed by atoms with van der Waals surface area (Å²) in [5.74, 6) is -0.765. The number of aromatic nitrogens is 5. The number of methoxy groups -OCH3 is 4. The first-order valence-electron chi connectivity index (χ1n) is 15.8. The Labute approximate surface area is 297 Å². The molecule has 0 fully saturated rings. The lowest BCUT2D eigenvalue weighted by molar-refractivity contribution is -0.115. The van der Waals surface area contributed by atoms with Gasteiger partial charge in [0.05, 0.1) is 56.5 Å². The molecule has 0 unspecified atom stereocenters. The van der Waals surface area contributed by atoms with Gasteiger partial charge in [-0.15, -0.1) is 0 Å². The molecule has 3 aliphatic rings. The quantitative estimate of drug-likeness (QED) is 0.206. The van der Waals surface area contributed by atoms with Crippen LogP contribution in [0.3, 0.4) is 0 Å². The molecular weight excluding hydrogens is 730 g/mol. The molecule has 0 saturated carbocycles. The fourth-order valence-electron chi connectivity index (χ4n) is 7.30. The molecule has 2 aromatic carbocycles. The smallest absolute Gasteiger partial charge is 0.347 e. The molecule has 0 radical (unpaired) electrons. The predicted octanol–water partition coefficient (Wildman–Crippen LogP) is 2.44. The van der Waals surface area contributed by atoms with Crippen molar-refractivity contribution in [3.05, 3.63) is 100 Å². The standard InChI is InChI=1S/C35H32BrN5O10/c1-38-23-15-27(50-4)26(49-3)14-21(23)37-20(33(38)45)7-8-39-34(46)40-9-6-17-22(41(40)35(39)47)12-18-29(25(43)13-19(36)32(18)44)30(17)31-24(42)10-16(48-2)11-28(31)51-5/h6,10-11,13-15,22,30,42H,7-9,12H2,1-5H3/t22-,30+/m1/s1. The predicted molar refractivity (Wildman–Crippen MR) is 186 cm³/mol. The first-order chi connectivity index (χ1) is 24.4. The molecule has 0 spiro atoms. The number of aryl methyl sites for hydroxylation is 2. The molecule has 4 aromatic rings. The van der Waals surface area contributed by atoms with Gasteiger partial charge in [-0.1, -0.05) is 6.08 Å². The summed E-state index contributed by atoms with van der Waals surface area (Å²) >= 11 is 3.20. The summed E-state index contributed by atoms with van der Waals surface area (Å²) in [5, 5.41) is 11.3. The van der Waals surface area contributed by atoms with Gasteiger partial charge in [-0.05, 0) is 21.5 Å². The highest BCUT2D eigenvalue weighted by atomic mass is 79.9. The van der Waals surface area contributed by atoms with Crippen molar-refractivity contribution in [1.29, 1.82) is 0 Å². The molecule has 2 aliphatic carbocycles. The molecule has 0 saturated heterocycles. The minimum absolute atomic E-state index is 0.0372. The molecule has 7 rings (SSSR count). The van der Waals surface area contributed by atoms with Gasteiger partial charge in [-0.2, -0.15) is 0 Å². The van der Waals surface area contributed by atoms with Crippen molar-refractivity contribution < 1.29 is 33.6 Å². The lowest BCUT2D eigenvalue weighted by Gasteiger charge is -2.39. The second kappa shape index (κ2) is 12.6. The van der Waals surface area contributed by atoms with Crippen LogP contribution in [0.4, 0.5) is 0 Å². The van der Waals surface area contributed by atoms with Crippen LogP contribution in [0, 0.1) is 0 Å². The molecule has 1 N–H and O–H groups in total. The number of nitrogens with zero attached hydrogens (tertiary/aromatic N) is 5. The van der Waals surface area contributed by atoms with Crippen molar-refractivity contribution in [2.75, 3.05) is 28.4 Å². The maximum atomic E-state index is 14.2. The fraction of sp³-hybridized carbons (Fsp3) is 0.314. The minimum Gasteiger partial charge on any atom is -0.507 e. The SMILES string of the molecule is COc1cc(O)c([C@H]2C3=CCn4c(=O)n(CCc5nc6cc(OC)c(OC)cc6n(C)c5=O)c(=O)n4[C@@H]3CC3=C2C(=O)C=C(Br)C3=O)c(OC)c1. The Kier molecular flexibility index (Phi) is 8.36. The van der Waals surface area contributed by atoms with Gasteiger partial charge in [-0.25, -0.2) is 28.5 Å². The first-order valence-corrected chi connectivity index (χ1v) is 16.6. The van der Waals surface area contributed by atoms with Crippen molar-refractivity contribution in [2.45, 2.75) is 37.9 Å². The van der Waals surface area contributed by atoms with E-state index in [4.69, 9.17) is 18.9 Å². The van der Waals surface area contributed by atoms with Crippen LogP contribution in [0.25, 0.3) is 11.0 Å². The molecule has 51 heavy (non-hydrogen) atoms. The number of aromatic hydroxyl groups is 1. The van der Waals surface area contributed by atoms with E-state index in [1.165, 1.54) is 54.5 Å². The number of hydrogen-bond acceptors (Lipinski definition) is 11. The zero-order valence-corrected chi connectivity index (χ0v) is 29.8. The monoisotopic (exact) mass is 761 g/mol. The third-order valence-corrected chi connectivity index (χ3v) is 10.3. The number of benzene rings is 2. The number of carbonyl (C=O) groups is 2. The Balaban J connectivity index is 1.32. The topological polar surface area (TPSA) is 175 Å². The van der Waals surface area contributed by atoms with Crippen LogP contribution >= 0.6 is 15.9 Å². The van der Waals surface area contributed by atoms with Crippen LogP contribution in [0.15, 0.2) is 72.0 Å². The molecular formula is C35H32BrN5O10. The number of halogens is 1. The summed E-state index contributed by atoms with van der Waals surface area (Å²) in [6.07, 6.45) is 2.83. The molecule has 2 atom stereocenters. The molecule has 15 nitrogen and oxygen atoms in total. The molecule has 16 heteroatoms. The maximum Gasteiger partial charge on any atom is 0.347 e. The number of Topliss-reactive ketones (excluding diaryl/α,β-unsaturated/α-hetero) is 1. The normalized spacial score (nSPS) is 18.2. The lowest BCUT2D eigenvalue weighted by Crippen LogP contribution is -2.40. The zero-order chi connectivity index (χ0) is 36.5. The Morgan fingerprint density at radius 1 is 0.922 bits per heavy atom. The van der Waals surface area contributed by atoms with Crippen LogP contribution in [0.5, 0.6) is 28.7 Å². The summed E-state index contributed by atoms with van der Waals surface area (Å²) in [6, 6.07) is 5.35. The van der Waals surface area contributed by atoms with Crippen LogP contribution in [-0.4, -0.2) is 68.6 Å². The average molecular weight is 763 g/mol. The molecule has 2 aromatic heterocycles. The summed E-state index contributed by atoms with van der Waals surface area (Å²) in [5.41, 5.74) is 0.459. The summed E-state index contributed by atoms with van der Waals surface area (Å²) in [4.78, 5) is 73.1. The van der Waals surface area contributed by atoms with Gasteiger partial charge < -0.3 is 28.6 Å². The van der Waals surface area contributed by atoms with Gasteiger partial charge in [0.25, 0.3) is 5.56 Å². The van der Waals surface area contributed by atoms with Crippen LogP contribution < -0.4 is 35.9 Å². The van der Waals surface area contributed by atoms with Gasteiger partial charge in [0.15, 0.2) is 23.1 Å². The van der Waals surface area contributed by atoms with E-state index in [1.807, 2.05) is 0 Å². The third-order valence-electron chi connectivity index (χ3n) is 9.74. The van der Waals surface area contributed by atoms with E-state index in [9.17, 15) is 29.1 Å². The number of phenolic OH excluding ortho intramolecular Hbond substituents is 1. The fourth-order valence-corrected chi connectivity index (χ4v) is 7.75. The van der Waals surface area contributed by atoms with Crippen molar-refractivity contribution in [3.8, 4) is 28.7 Å². The summed E-state index contributed by atoms with van der Waals surface area (Å²) in [6.45, 7) is -0.200. The number of rotatable bonds is 8. The van der Waals surface area contributed by atoms with Crippen molar-refractivity contribution in [2.24, 2.45) is 7.05 Å². The zero-order valence-electron chi connectivity index (χ0n) is 28.2. The highest BCUT2D eigenvalue weighted by Gasteiger charge is 2.46. The second-order valence-corrected chi connectivity index (χ2v) is 13.1. The van der Waals surface area contributed by atoms with E-state index in [-0.39, 0.29) is 64.3 Å². The number of ketones is 2. The van der Waals surface area contributed by atoms with Gasteiger partial charge in [-0.3, -0.25) is 14.4 Å². The Hall–Kier alpha value is -5.64. The van der Waals surface area contributed by atoms with E-state index >= 15 is 0 Å². The van der Waals surface area contributed by atoms with Crippen molar-refractivity contribution in [1.82, 2.24) is 23.5 Å². The van der Waals surface area contributed by atoms with Crippen molar-refractivity contribution in [3.63, 3.8) is 0 Å². The Morgan fingerprint density at radius 2 is 1.63 bits per heavy atom. The number of hydrogen-bond donors (Lipinski definition) is 1. The molecule has 264 valence electrons. The van der Waals surface area contributed by atoms with Crippen LogP contribution in [-0.2, 0) is 36.1 Å². The third kappa shape index (κ3) is 5.15. The van der Waals surface area contributed by atoms with Crippen LogP contribution in [0.1, 0.15) is 29.6 Å². The highest BCUT2D eigenvalue weighted by molar-refractivity contribution is 9.12. The van der Waals surface area contributed by atoms with Crippen molar-refractivity contribution >= 4 is 38.5 Å². The lowest BCUT2D eigenvalue weighted by atomic mass is 9.68. The Morgan fingerprint density at radius 3 is 2.31 bits per heavy atom. The van der Waals surface area contributed by atoms with E-state index in [0.717, 1.165) is 4.57 Å². The van der Waals surface area contributed by atoms with E-state index in [2.05, 4.69) is 20.9 Å². The average Bonchev–Trinajstić information content (AvgIpc) is 3.37. The number of fused-ring (bicyclic) bond motifs is 4. The van der Waals surface area contributed by atoms with Gasteiger partial charge in [0, 0.05) is 79.4 Å². The Bertz CT molecular complexity index is 2480. The maximum absolute atomic E-state index is 14.2. The van der Waals surface area contributed by atoms with E-state index in [0.29, 0.717) is 33.9 Å². The van der Waals surface area contributed by atoms with Crippen LogP contribution in [0.2, 0.25) is 0 Å². The molecule has 0 amide bonds. The van der Waals surface area contributed by atoms with E-state index < -0.39 is 40.5 Å². The van der Waals surface area contributed by atoms with Gasteiger partial charge in [0.1, 0.15) is 22.9 Å². The molecule has 0 bridgehead atoms. The van der Waals surface area contributed by atoms with Gasteiger partial charge >= 0.3 is 11.4 Å². The number of phenols is 1. The second-order valence-electron chi connectivity index (χ2n) is 12.2. The number of ether oxygens (including phenoxy) is 4. The molecule has 3 heterocycles. The largest absolute Gasteiger partial charge is 0.507 e. The highest BCUT2D eigenvalue weighted by Crippen LogP contribution is 2.54. The summed E-state index contributed by atoms with van der Waals surface area (Å²) in [7, 11) is 7.40. The summed E-state index contributed by atoms with van der Waals surface area (Å²) < 4.78 is 26.8.